The van der Waals surface area contributed by atoms with Crippen LogP contribution in [0.3, 0.4) is 0 Å². The zero-order valence-electron chi connectivity index (χ0n) is 17.6. The highest BCUT2D eigenvalue weighted by Gasteiger charge is 2.28. The lowest BCUT2D eigenvalue weighted by Gasteiger charge is -2.14. The smallest absolute Gasteiger partial charge is 0.324 e. The number of rotatable bonds is 7. The molecule has 162 valence electrons. The van der Waals surface area contributed by atoms with Gasteiger partial charge in [-0.1, -0.05) is 12.1 Å². The van der Waals surface area contributed by atoms with Crippen molar-refractivity contribution in [3.8, 4) is 11.5 Å². The molecule has 0 aliphatic carbocycles. The predicted molar refractivity (Wildman–Crippen MR) is 113 cm³/mol. The van der Waals surface area contributed by atoms with Gasteiger partial charge in [-0.05, 0) is 43.7 Å². The molecule has 0 spiro atoms. The van der Waals surface area contributed by atoms with Gasteiger partial charge in [-0.25, -0.2) is 4.79 Å². The number of fused-ring (bicyclic) bond motifs is 1. The lowest BCUT2D eigenvalue weighted by molar-refractivity contribution is -0.125. The summed E-state index contributed by atoms with van der Waals surface area (Å²) in [5.74, 6) is 1.11. The van der Waals surface area contributed by atoms with E-state index in [1.807, 2.05) is 26.0 Å². The number of carbonyl (C=O) groups is 3. The van der Waals surface area contributed by atoms with E-state index in [1.165, 1.54) is 0 Å². The van der Waals surface area contributed by atoms with E-state index in [4.69, 9.17) is 9.47 Å². The summed E-state index contributed by atoms with van der Waals surface area (Å²) in [5, 5.41) is 5.41. The Morgan fingerprint density at radius 3 is 2.71 bits per heavy atom. The van der Waals surface area contributed by atoms with Crippen molar-refractivity contribution >= 4 is 17.8 Å². The van der Waals surface area contributed by atoms with E-state index in [2.05, 4.69) is 10.6 Å². The number of carbonyl (C=O) groups excluding carboxylic acids is 3. The molecule has 1 atom stereocenters. The molecule has 1 saturated heterocycles. The first kappa shape index (κ1) is 20.7. The summed E-state index contributed by atoms with van der Waals surface area (Å²) in [6.45, 7) is 5.00. The van der Waals surface area contributed by atoms with Crippen molar-refractivity contribution < 1.29 is 23.9 Å². The molecule has 2 aromatic carbocycles. The van der Waals surface area contributed by atoms with E-state index < -0.39 is 6.03 Å². The Bertz CT molecular complexity index is 1000. The molecular formula is C23H25N3O5. The fraction of sp³-hybridized carbons (Fsp3) is 0.348. The van der Waals surface area contributed by atoms with Crippen LogP contribution < -0.4 is 20.1 Å². The van der Waals surface area contributed by atoms with Crippen LogP contribution in [0.5, 0.6) is 11.5 Å². The zero-order valence-corrected chi connectivity index (χ0v) is 17.6. The fourth-order valence-corrected chi connectivity index (χ4v) is 3.75. The summed E-state index contributed by atoms with van der Waals surface area (Å²) < 4.78 is 11.6. The third kappa shape index (κ3) is 4.47. The quantitative estimate of drug-likeness (QED) is 0.667. The van der Waals surface area contributed by atoms with E-state index in [0.717, 1.165) is 39.5 Å². The summed E-state index contributed by atoms with van der Waals surface area (Å²) in [6.07, 6.45) is 0.980. The van der Waals surface area contributed by atoms with Gasteiger partial charge in [-0.15, -0.1) is 0 Å². The summed E-state index contributed by atoms with van der Waals surface area (Å²) in [5.41, 5.74) is 3.24. The Kier molecular flexibility index (Phi) is 5.79. The van der Waals surface area contributed by atoms with Gasteiger partial charge in [0.15, 0.2) is 0 Å². The number of ether oxygens (including phenoxy) is 2. The van der Waals surface area contributed by atoms with Crippen LogP contribution in [0.15, 0.2) is 36.4 Å². The van der Waals surface area contributed by atoms with E-state index in [1.54, 1.807) is 24.3 Å². The van der Waals surface area contributed by atoms with Crippen LogP contribution in [0.2, 0.25) is 0 Å². The standard InChI is InChI=1S/C23H25N3O5/c1-3-30-19-9-17-8-14(2)31-20(17)10-18(19)11-24-22(28)16-6-4-15(5-7-16)13-26-21(27)12-25-23(26)29/h4-7,9-10,14H,3,8,11-13H2,1-2H3,(H,24,28)(H,25,29)/t14-/m1/s1. The molecule has 2 aliphatic rings. The Hall–Kier alpha value is -3.55. The maximum absolute atomic E-state index is 12.6. The van der Waals surface area contributed by atoms with Crippen LogP contribution in [0, 0.1) is 0 Å². The number of amides is 4. The monoisotopic (exact) mass is 423 g/mol. The highest BCUT2D eigenvalue weighted by Crippen LogP contribution is 2.35. The first-order valence-corrected chi connectivity index (χ1v) is 10.3. The van der Waals surface area contributed by atoms with Crippen LogP contribution in [-0.2, 0) is 24.3 Å². The molecule has 8 heteroatoms. The molecule has 4 amide bonds. The van der Waals surface area contributed by atoms with Gasteiger partial charge in [-0.3, -0.25) is 14.5 Å². The Morgan fingerprint density at radius 1 is 1.26 bits per heavy atom. The number of nitrogens with zero attached hydrogens (tertiary/aromatic N) is 1. The third-order valence-electron chi connectivity index (χ3n) is 5.31. The van der Waals surface area contributed by atoms with Gasteiger partial charge in [0.05, 0.1) is 19.7 Å². The SMILES string of the molecule is CCOc1cc2c(cc1CNC(=O)c1ccc(CN3C(=O)CNC3=O)cc1)O[C@H](C)C2. The molecule has 0 radical (unpaired) electrons. The van der Waals surface area contributed by atoms with E-state index in [-0.39, 0.29) is 31.0 Å². The zero-order chi connectivity index (χ0) is 22.0. The molecular weight excluding hydrogens is 398 g/mol. The number of benzene rings is 2. The molecule has 4 rings (SSSR count). The van der Waals surface area contributed by atoms with Crippen molar-refractivity contribution in [3.63, 3.8) is 0 Å². The first-order chi connectivity index (χ1) is 14.9. The van der Waals surface area contributed by atoms with E-state index in [9.17, 15) is 14.4 Å². The summed E-state index contributed by atoms with van der Waals surface area (Å²) in [7, 11) is 0. The Morgan fingerprint density at radius 2 is 2.03 bits per heavy atom. The molecule has 31 heavy (non-hydrogen) atoms. The van der Waals surface area contributed by atoms with Crippen molar-refractivity contribution in [2.45, 2.75) is 39.5 Å². The molecule has 2 aliphatic heterocycles. The van der Waals surface area contributed by atoms with Crippen LogP contribution in [0.1, 0.15) is 40.9 Å². The van der Waals surface area contributed by atoms with Gasteiger partial charge < -0.3 is 20.1 Å². The average molecular weight is 423 g/mol. The first-order valence-electron chi connectivity index (χ1n) is 10.3. The largest absolute Gasteiger partial charge is 0.494 e. The van der Waals surface area contributed by atoms with Gasteiger partial charge in [0.1, 0.15) is 17.6 Å². The lowest BCUT2D eigenvalue weighted by Crippen LogP contribution is -2.30. The molecule has 0 saturated carbocycles. The number of nitrogens with one attached hydrogen (secondary N) is 2. The molecule has 0 aromatic heterocycles. The highest BCUT2D eigenvalue weighted by molar-refractivity contribution is 6.01. The molecule has 0 bridgehead atoms. The number of hydrogen-bond donors (Lipinski definition) is 2. The van der Waals surface area contributed by atoms with Crippen molar-refractivity contribution in [1.82, 2.24) is 15.5 Å². The second-order valence-corrected chi connectivity index (χ2v) is 7.65. The molecule has 8 nitrogen and oxygen atoms in total. The van der Waals surface area contributed by atoms with Gasteiger partial charge >= 0.3 is 6.03 Å². The lowest BCUT2D eigenvalue weighted by atomic mass is 10.1. The molecule has 1 fully saturated rings. The van der Waals surface area contributed by atoms with Crippen molar-refractivity contribution in [2.75, 3.05) is 13.2 Å². The minimum absolute atomic E-state index is 0.0235. The summed E-state index contributed by atoms with van der Waals surface area (Å²) in [6, 6.07) is 10.4. The second-order valence-electron chi connectivity index (χ2n) is 7.65. The van der Waals surface area contributed by atoms with Crippen LogP contribution in [0.25, 0.3) is 0 Å². The molecule has 2 N–H and O–H groups in total. The number of hydrogen-bond acceptors (Lipinski definition) is 5. The Balaban J connectivity index is 1.40. The van der Waals surface area contributed by atoms with Gasteiger partial charge in [0, 0.05) is 29.7 Å². The average Bonchev–Trinajstić information content (AvgIpc) is 3.27. The van der Waals surface area contributed by atoms with Crippen LogP contribution in [-0.4, -0.2) is 42.0 Å². The van der Waals surface area contributed by atoms with Crippen LogP contribution in [0.4, 0.5) is 4.79 Å². The fourth-order valence-electron chi connectivity index (χ4n) is 3.75. The van der Waals surface area contributed by atoms with Gasteiger partial charge in [0.25, 0.3) is 5.91 Å². The highest BCUT2D eigenvalue weighted by atomic mass is 16.5. The minimum atomic E-state index is -0.398. The second kappa shape index (κ2) is 8.67. The molecule has 2 heterocycles. The number of imide groups is 1. The van der Waals surface area contributed by atoms with Crippen molar-refractivity contribution in [1.29, 1.82) is 0 Å². The van der Waals surface area contributed by atoms with Gasteiger partial charge in [0.2, 0.25) is 5.91 Å². The van der Waals surface area contributed by atoms with Crippen molar-refractivity contribution in [2.24, 2.45) is 0 Å². The van der Waals surface area contributed by atoms with E-state index in [0.29, 0.717) is 18.7 Å². The normalized spacial score (nSPS) is 17.2. The molecule has 2 aromatic rings. The van der Waals surface area contributed by atoms with E-state index >= 15 is 0 Å². The minimum Gasteiger partial charge on any atom is -0.494 e. The predicted octanol–water partition coefficient (Wildman–Crippen LogP) is 2.39. The maximum atomic E-state index is 12.6. The third-order valence-corrected chi connectivity index (χ3v) is 5.31. The van der Waals surface area contributed by atoms with Gasteiger partial charge in [-0.2, -0.15) is 0 Å². The topological polar surface area (TPSA) is 97.0 Å². The number of urea groups is 1. The molecule has 0 unspecified atom stereocenters. The maximum Gasteiger partial charge on any atom is 0.324 e. The summed E-state index contributed by atoms with van der Waals surface area (Å²) in [4.78, 5) is 37.1. The van der Waals surface area contributed by atoms with Crippen molar-refractivity contribution in [3.05, 3.63) is 58.7 Å². The summed E-state index contributed by atoms with van der Waals surface area (Å²) >= 11 is 0. The Labute approximate surface area is 180 Å². The van der Waals surface area contributed by atoms with Crippen LogP contribution >= 0.6 is 0 Å².